The fraction of sp³-hybridized carbons (Fsp3) is 0.0556. The fourth-order valence-corrected chi connectivity index (χ4v) is 2.37. The molecule has 0 fully saturated rings. The Kier molecular flexibility index (Phi) is 4.81. The minimum absolute atomic E-state index is 0.101. The Morgan fingerprint density at radius 2 is 1.92 bits per heavy atom. The molecule has 0 spiro atoms. The highest BCUT2D eigenvalue weighted by Gasteiger charge is 2.11. The summed E-state index contributed by atoms with van der Waals surface area (Å²) in [6.45, 7) is 1.70. The number of phenols is 1. The lowest BCUT2D eigenvalue weighted by Gasteiger charge is -2.03. The first kappa shape index (κ1) is 16.7. The van der Waals surface area contributed by atoms with E-state index in [9.17, 15) is 9.90 Å². The van der Waals surface area contributed by atoms with Crippen molar-refractivity contribution < 1.29 is 9.90 Å². The molecule has 6 nitrogen and oxygen atoms in total. The third-order valence-corrected chi connectivity index (χ3v) is 3.83. The lowest BCUT2D eigenvalue weighted by molar-refractivity contribution is 0.0950. The number of hydrazone groups is 1. The third-order valence-electron chi connectivity index (χ3n) is 3.58. The number of amides is 1. The highest BCUT2D eigenvalue weighted by Crippen LogP contribution is 2.20. The van der Waals surface area contributed by atoms with Gasteiger partial charge in [-0.3, -0.25) is 9.89 Å². The summed E-state index contributed by atoms with van der Waals surface area (Å²) in [4.78, 5) is 12.2. The Hall–Kier alpha value is -3.12. The van der Waals surface area contributed by atoms with Crippen LogP contribution in [0.4, 0.5) is 0 Å². The number of carbonyl (C=O) groups is 1. The van der Waals surface area contributed by atoms with Gasteiger partial charge in [0.2, 0.25) is 0 Å². The molecule has 0 unspecified atom stereocenters. The van der Waals surface area contributed by atoms with E-state index in [-0.39, 0.29) is 11.4 Å². The number of nitrogens with zero attached hydrogens (tertiary/aromatic N) is 2. The minimum Gasteiger partial charge on any atom is -0.507 e. The molecule has 25 heavy (non-hydrogen) atoms. The van der Waals surface area contributed by atoms with E-state index in [0.29, 0.717) is 22.0 Å². The van der Waals surface area contributed by atoms with E-state index in [2.05, 4.69) is 20.7 Å². The van der Waals surface area contributed by atoms with Gasteiger partial charge < -0.3 is 5.11 Å². The van der Waals surface area contributed by atoms with Gasteiger partial charge in [-0.2, -0.15) is 10.2 Å². The highest BCUT2D eigenvalue weighted by molar-refractivity contribution is 6.30. The molecule has 126 valence electrons. The zero-order chi connectivity index (χ0) is 17.8. The fourth-order valence-electron chi connectivity index (χ4n) is 2.24. The van der Waals surface area contributed by atoms with Gasteiger partial charge in [0.1, 0.15) is 11.4 Å². The number of para-hydroxylation sites is 1. The van der Waals surface area contributed by atoms with Crippen LogP contribution in [0.5, 0.6) is 5.75 Å². The van der Waals surface area contributed by atoms with E-state index in [1.807, 2.05) is 12.1 Å². The number of aromatic nitrogens is 2. The lowest BCUT2D eigenvalue weighted by Crippen LogP contribution is -2.19. The van der Waals surface area contributed by atoms with Crippen LogP contribution in [0.2, 0.25) is 5.02 Å². The monoisotopic (exact) mass is 354 g/mol. The molecule has 3 N–H and O–H groups in total. The molecule has 0 aliphatic rings. The summed E-state index contributed by atoms with van der Waals surface area (Å²) in [7, 11) is 0. The number of halogens is 1. The molecule has 0 saturated heterocycles. The predicted molar refractivity (Wildman–Crippen MR) is 96.8 cm³/mol. The summed E-state index contributed by atoms with van der Waals surface area (Å²) in [5.41, 5.74) is 5.23. The van der Waals surface area contributed by atoms with Crippen molar-refractivity contribution in [2.45, 2.75) is 6.92 Å². The molecule has 1 amide bonds. The van der Waals surface area contributed by atoms with Crippen LogP contribution in [-0.2, 0) is 0 Å². The van der Waals surface area contributed by atoms with Gasteiger partial charge in [-0.1, -0.05) is 35.9 Å². The second kappa shape index (κ2) is 7.19. The molecule has 1 aromatic heterocycles. The molecule has 0 atom stereocenters. The lowest BCUT2D eigenvalue weighted by atomic mass is 10.1. The predicted octanol–water partition coefficient (Wildman–Crippen LogP) is 3.59. The zero-order valence-corrected chi connectivity index (χ0v) is 14.1. The molecule has 3 rings (SSSR count). The van der Waals surface area contributed by atoms with Crippen molar-refractivity contribution in [3.8, 4) is 17.0 Å². The molecule has 0 saturated carbocycles. The topological polar surface area (TPSA) is 90.4 Å². The number of H-pyrrole nitrogens is 1. The van der Waals surface area contributed by atoms with Gasteiger partial charge in [-0.15, -0.1) is 0 Å². The van der Waals surface area contributed by atoms with E-state index in [1.54, 1.807) is 49.4 Å². The molecule has 0 aliphatic heterocycles. The van der Waals surface area contributed by atoms with Gasteiger partial charge in [0.05, 0.1) is 11.4 Å². The van der Waals surface area contributed by atoms with Crippen molar-refractivity contribution in [3.63, 3.8) is 0 Å². The van der Waals surface area contributed by atoms with E-state index >= 15 is 0 Å². The van der Waals surface area contributed by atoms with Crippen molar-refractivity contribution in [2.75, 3.05) is 0 Å². The number of aromatic amines is 1. The maximum absolute atomic E-state index is 12.2. The maximum atomic E-state index is 12.2. The largest absolute Gasteiger partial charge is 0.507 e. The van der Waals surface area contributed by atoms with Gasteiger partial charge in [0.15, 0.2) is 0 Å². The Morgan fingerprint density at radius 3 is 2.64 bits per heavy atom. The van der Waals surface area contributed by atoms with Crippen LogP contribution in [0.1, 0.15) is 23.0 Å². The number of hydrogen-bond acceptors (Lipinski definition) is 4. The van der Waals surface area contributed by atoms with Crippen LogP contribution in [0, 0.1) is 0 Å². The van der Waals surface area contributed by atoms with Crippen molar-refractivity contribution in [1.29, 1.82) is 0 Å². The first-order valence-electron chi connectivity index (χ1n) is 7.49. The molecule has 7 heteroatoms. The van der Waals surface area contributed by atoms with Crippen LogP contribution in [0.15, 0.2) is 59.7 Å². The van der Waals surface area contributed by atoms with Crippen molar-refractivity contribution in [3.05, 3.63) is 70.9 Å². The van der Waals surface area contributed by atoms with E-state index in [4.69, 9.17) is 11.6 Å². The number of benzene rings is 2. The number of phenolic OH excluding ortho intramolecular Hbond substituents is 1. The van der Waals surface area contributed by atoms with Gasteiger partial charge in [0.25, 0.3) is 5.91 Å². The average molecular weight is 355 g/mol. The molecule has 2 aromatic carbocycles. The van der Waals surface area contributed by atoms with Crippen LogP contribution in [-0.4, -0.2) is 26.9 Å². The molecular weight excluding hydrogens is 340 g/mol. The summed E-state index contributed by atoms with van der Waals surface area (Å²) in [5, 5.41) is 21.2. The van der Waals surface area contributed by atoms with Crippen molar-refractivity contribution in [2.24, 2.45) is 5.10 Å². The van der Waals surface area contributed by atoms with Gasteiger partial charge in [-0.25, -0.2) is 5.43 Å². The quantitative estimate of drug-likeness (QED) is 0.494. The third kappa shape index (κ3) is 3.87. The van der Waals surface area contributed by atoms with Crippen LogP contribution in [0.25, 0.3) is 11.3 Å². The van der Waals surface area contributed by atoms with Gasteiger partial charge in [0, 0.05) is 16.1 Å². The Morgan fingerprint density at radius 1 is 1.20 bits per heavy atom. The second-order valence-corrected chi connectivity index (χ2v) is 5.77. The molecule has 0 bridgehead atoms. The summed E-state index contributed by atoms with van der Waals surface area (Å²) >= 11 is 5.86. The summed E-state index contributed by atoms with van der Waals surface area (Å²) < 4.78 is 0. The summed E-state index contributed by atoms with van der Waals surface area (Å²) in [6, 6.07) is 15.6. The smallest absolute Gasteiger partial charge is 0.289 e. The molecular formula is C18H15ClN4O2. The van der Waals surface area contributed by atoms with E-state index in [0.717, 1.165) is 5.56 Å². The maximum Gasteiger partial charge on any atom is 0.289 e. The number of nitrogens with one attached hydrogen (secondary N) is 2. The zero-order valence-electron chi connectivity index (χ0n) is 13.3. The normalized spacial score (nSPS) is 11.4. The standard InChI is InChI=1S/C18H15ClN4O2/c1-11(14-4-2-3-5-17(14)24)20-23-18(25)16-10-15(21-22-16)12-6-8-13(19)9-7-12/h2-10,24H,1H3,(H,21,22)(H,23,25)/b20-11+. The van der Waals surface area contributed by atoms with Gasteiger partial charge in [-0.05, 0) is 37.3 Å². The van der Waals surface area contributed by atoms with Crippen molar-refractivity contribution in [1.82, 2.24) is 15.6 Å². The van der Waals surface area contributed by atoms with Crippen LogP contribution >= 0.6 is 11.6 Å². The Balaban J connectivity index is 1.73. The molecule has 1 heterocycles. The molecule has 0 aliphatic carbocycles. The average Bonchev–Trinajstić information content (AvgIpc) is 3.10. The second-order valence-electron chi connectivity index (χ2n) is 5.33. The van der Waals surface area contributed by atoms with E-state index < -0.39 is 5.91 Å². The van der Waals surface area contributed by atoms with Crippen molar-refractivity contribution >= 4 is 23.2 Å². The van der Waals surface area contributed by atoms with E-state index in [1.165, 1.54) is 0 Å². The number of aromatic hydroxyl groups is 1. The number of hydrogen-bond donors (Lipinski definition) is 3. The number of carbonyl (C=O) groups excluding carboxylic acids is 1. The van der Waals surface area contributed by atoms with Crippen LogP contribution < -0.4 is 5.43 Å². The number of rotatable bonds is 4. The minimum atomic E-state index is -0.428. The SMILES string of the molecule is C/C(=N\NC(=O)c1cc(-c2ccc(Cl)cc2)n[nH]1)c1ccccc1O. The first-order chi connectivity index (χ1) is 12.0. The first-order valence-corrected chi connectivity index (χ1v) is 7.87. The van der Waals surface area contributed by atoms with Gasteiger partial charge >= 0.3 is 0 Å². The highest BCUT2D eigenvalue weighted by atomic mass is 35.5. The van der Waals surface area contributed by atoms with Crippen LogP contribution in [0.3, 0.4) is 0 Å². The Bertz CT molecular complexity index is 932. The summed E-state index contributed by atoms with van der Waals surface area (Å²) in [5.74, 6) is -0.327. The molecule has 0 radical (unpaired) electrons. The Labute approximate surface area is 149 Å². The molecule has 3 aromatic rings. The summed E-state index contributed by atoms with van der Waals surface area (Å²) in [6.07, 6.45) is 0.